The highest BCUT2D eigenvalue weighted by Gasteiger charge is 2.26. The molecule has 3 aromatic rings. The predicted octanol–water partition coefficient (Wildman–Crippen LogP) is 2.51. The molecular formula is C20H19N3O4S. The molecule has 0 bridgehead atoms. The van der Waals surface area contributed by atoms with Crippen molar-refractivity contribution in [3.63, 3.8) is 0 Å². The first-order valence-electron chi connectivity index (χ1n) is 8.89. The zero-order valence-corrected chi connectivity index (χ0v) is 15.9. The molecule has 1 aliphatic heterocycles. The van der Waals surface area contributed by atoms with E-state index in [4.69, 9.17) is 4.74 Å². The SMILES string of the molecule is O=C(Nc1ccnc2ccccc12)c1cccc(S(=O)(=O)N2CCOCC2)c1. The van der Waals surface area contributed by atoms with Crippen molar-refractivity contribution in [2.75, 3.05) is 31.6 Å². The molecule has 1 amide bonds. The molecule has 2 heterocycles. The van der Waals surface area contributed by atoms with Crippen LogP contribution in [-0.4, -0.2) is 49.9 Å². The van der Waals surface area contributed by atoms with Crippen molar-refractivity contribution in [2.45, 2.75) is 4.90 Å². The number of rotatable bonds is 4. The Hall–Kier alpha value is -2.81. The predicted molar refractivity (Wildman–Crippen MR) is 106 cm³/mol. The number of sulfonamides is 1. The number of aromatic nitrogens is 1. The summed E-state index contributed by atoms with van der Waals surface area (Å²) in [6.45, 7) is 1.35. The van der Waals surface area contributed by atoms with E-state index >= 15 is 0 Å². The topological polar surface area (TPSA) is 88.6 Å². The number of hydrogen-bond donors (Lipinski definition) is 1. The Morgan fingerprint density at radius 1 is 1.04 bits per heavy atom. The second kappa shape index (κ2) is 7.67. The van der Waals surface area contributed by atoms with E-state index in [0.717, 1.165) is 10.9 Å². The Bertz CT molecular complexity index is 1120. The van der Waals surface area contributed by atoms with Crippen molar-refractivity contribution in [3.8, 4) is 0 Å². The fourth-order valence-corrected chi connectivity index (χ4v) is 4.59. The number of carbonyl (C=O) groups excluding carboxylic acids is 1. The summed E-state index contributed by atoms with van der Waals surface area (Å²) in [5, 5.41) is 3.67. The number of ether oxygens (including phenoxy) is 1. The first-order chi connectivity index (χ1) is 13.6. The second-order valence-electron chi connectivity index (χ2n) is 6.37. The number of para-hydroxylation sites is 1. The molecule has 0 saturated carbocycles. The number of anilines is 1. The van der Waals surface area contributed by atoms with E-state index in [1.807, 2.05) is 24.3 Å². The Morgan fingerprint density at radius 2 is 1.82 bits per heavy atom. The molecule has 144 valence electrons. The maximum Gasteiger partial charge on any atom is 0.255 e. The number of pyridine rings is 1. The molecule has 0 aliphatic carbocycles. The molecular weight excluding hydrogens is 378 g/mol. The van der Waals surface area contributed by atoms with Gasteiger partial charge in [0.25, 0.3) is 5.91 Å². The lowest BCUT2D eigenvalue weighted by molar-refractivity contribution is 0.0730. The highest BCUT2D eigenvalue weighted by atomic mass is 32.2. The maximum absolute atomic E-state index is 12.8. The summed E-state index contributed by atoms with van der Waals surface area (Å²) in [7, 11) is -3.66. The number of morpholine rings is 1. The first-order valence-corrected chi connectivity index (χ1v) is 10.3. The molecule has 0 atom stereocenters. The molecule has 8 heteroatoms. The van der Waals surface area contributed by atoms with E-state index in [9.17, 15) is 13.2 Å². The van der Waals surface area contributed by atoms with Gasteiger partial charge in [0.1, 0.15) is 0 Å². The van der Waals surface area contributed by atoms with E-state index < -0.39 is 10.0 Å². The monoisotopic (exact) mass is 397 g/mol. The van der Waals surface area contributed by atoms with Crippen LogP contribution in [0.25, 0.3) is 10.9 Å². The molecule has 1 N–H and O–H groups in total. The van der Waals surface area contributed by atoms with Crippen LogP contribution in [0.15, 0.2) is 65.7 Å². The number of amides is 1. The normalized spacial score (nSPS) is 15.4. The number of nitrogens with one attached hydrogen (secondary N) is 1. The van der Waals surface area contributed by atoms with Gasteiger partial charge in [-0.25, -0.2) is 8.42 Å². The Balaban J connectivity index is 1.61. The van der Waals surface area contributed by atoms with Crippen molar-refractivity contribution >= 4 is 32.5 Å². The molecule has 7 nitrogen and oxygen atoms in total. The zero-order valence-electron chi connectivity index (χ0n) is 15.0. The Kier molecular flexibility index (Phi) is 5.08. The zero-order chi connectivity index (χ0) is 19.6. The average Bonchev–Trinajstić information content (AvgIpc) is 2.75. The molecule has 1 saturated heterocycles. The van der Waals surface area contributed by atoms with Gasteiger partial charge in [-0.1, -0.05) is 24.3 Å². The minimum absolute atomic E-state index is 0.0987. The minimum atomic E-state index is -3.66. The standard InChI is InChI=1S/C20H19N3O4S/c24-20(22-19-8-9-21-18-7-2-1-6-17(18)19)15-4-3-5-16(14-15)28(25,26)23-10-12-27-13-11-23/h1-9,14H,10-13H2,(H,21,22,24). The molecule has 28 heavy (non-hydrogen) atoms. The lowest BCUT2D eigenvalue weighted by Crippen LogP contribution is -2.40. The summed E-state index contributed by atoms with van der Waals surface area (Å²) >= 11 is 0. The van der Waals surface area contributed by atoms with E-state index in [1.165, 1.54) is 16.4 Å². The summed E-state index contributed by atoms with van der Waals surface area (Å²) in [4.78, 5) is 17.1. The summed E-state index contributed by atoms with van der Waals surface area (Å²) in [5.74, 6) is -0.379. The van der Waals surface area contributed by atoms with Crippen molar-refractivity contribution in [3.05, 3.63) is 66.4 Å². The van der Waals surface area contributed by atoms with Crippen LogP contribution in [0.2, 0.25) is 0 Å². The highest BCUT2D eigenvalue weighted by Crippen LogP contribution is 2.23. The van der Waals surface area contributed by atoms with E-state index in [-0.39, 0.29) is 16.4 Å². The number of hydrogen-bond acceptors (Lipinski definition) is 5. The van der Waals surface area contributed by atoms with Crippen molar-refractivity contribution in [1.82, 2.24) is 9.29 Å². The van der Waals surface area contributed by atoms with Gasteiger partial charge in [-0.05, 0) is 30.3 Å². The van der Waals surface area contributed by atoms with Crippen LogP contribution in [0.4, 0.5) is 5.69 Å². The van der Waals surface area contributed by atoms with Crippen LogP contribution in [0.1, 0.15) is 10.4 Å². The van der Waals surface area contributed by atoms with Gasteiger partial charge in [-0.15, -0.1) is 0 Å². The van der Waals surface area contributed by atoms with Gasteiger partial charge in [-0.2, -0.15) is 4.31 Å². The van der Waals surface area contributed by atoms with Crippen LogP contribution in [0.5, 0.6) is 0 Å². The molecule has 1 fully saturated rings. The van der Waals surface area contributed by atoms with Crippen molar-refractivity contribution in [1.29, 1.82) is 0 Å². The molecule has 2 aromatic carbocycles. The summed E-state index contributed by atoms with van der Waals surface area (Å²) in [6.07, 6.45) is 1.62. The number of fused-ring (bicyclic) bond motifs is 1. The third-order valence-electron chi connectivity index (χ3n) is 4.60. The van der Waals surface area contributed by atoms with E-state index in [0.29, 0.717) is 32.0 Å². The molecule has 4 rings (SSSR count). The molecule has 0 spiro atoms. The van der Waals surface area contributed by atoms with Gasteiger partial charge in [0.05, 0.1) is 29.3 Å². The van der Waals surface area contributed by atoms with Gasteiger partial charge in [0, 0.05) is 30.2 Å². The Labute approximate surface area is 163 Å². The van der Waals surface area contributed by atoms with Crippen LogP contribution < -0.4 is 5.32 Å². The third-order valence-corrected chi connectivity index (χ3v) is 6.50. The molecule has 0 radical (unpaired) electrons. The average molecular weight is 397 g/mol. The fourth-order valence-electron chi connectivity index (χ4n) is 3.13. The Morgan fingerprint density at radius 3 is 2.64 bits per heavy atom. The lowest BCUT2D eigenvalue weighted by Gasteiger charge is -2.26. The van der Waals surface area contributed by atoms with E-state index in [1.54, 1.807) is 24.4 Å². The van der Waals surface area contributed by atoms with Crippen molar-refractivity contribution < 1.29 is 17.9 Å². The first kappa shape index (κ1) is 18.5. The van der Waals surface area contributed by atoms with Gasteiger partial charge < -0.3 is 10.1 Å². The van der Waals surface area contributed by atoms with Gasteiger partial charge in [-0.3, -0.25) is 9.78 Å². The van der Waals surface area contributed by atoms with Crippen LogP contribution in [-0.2, 0) is 14.8 Å². The van der Waals surface area contributed by atoms with Gasteiger partial charge in [0.2, 0.25) is 10.0 Å². The summed E-state index contributed by atoms with van der Waals surface area (Å²) in [5.41, 5.74) is 1.66. The van der Waals surface area contributed by atoms with Crippen LogP contribution >= 0.6 is 0 Å². The molecule has 1 aliphatic rings. The molecule has 0 unspecified atom stereocenters. The van der Waals surface area contributed by atoms with Crippen molar-refractivity contribution in [2.24, 2.45) is 0 Å². The largest absolute Gasteiger partial charge is 0.379 e. The quantitative estimate of drug-likeness (QED) is 0.731. The van der Waals surface area contributed by atoms with Gasteiger partial charge >= 0.3 is 0 Å². The fraction of sp³-hybridized carbons (Fsp3) is 0.200. The number of benzene rings is 2. The van der Waals surface area contributed by atoms with Gasteiger partial charge in [0.15, 0.2) is 0 Å². The lowest BCUT2D eigenvalue weighted by atomic mass is 10.1. The molecule has 1 aromatic heterocycles. The second-order valence-corrected chi connectivity index (χ2v) is 8.31. The minimum Gasteiger partial charge on any atom is -0.379 e. The smallest absolute Gasteiger partial charge is 0.255 e. The van der Waals surface area contributed by atoms with Crippen LogP contribution in [0, 0.1) is 0 Å². The van der Waals surface area contributed by atoms with E-state index in [2.05, 4.69) is 10.3 Å². The number of carbonyl (C=O) groups is 1. The summed E-state index contributed by atoms with van der Waals surface area (Å²) in [6, 6.07) is 15.3. The number of nitrogens with zero attached hydrogens (tertiary/aromatic N) is 2. The highest BCUT2D eigenvalue weighted by molar-refractivity contribution is 7.89. The summed E-state index contributed by atoms with van der Waals surface area (Å²) < 4.78 is 32.2. The third kappa shape index (κ3) is 3.62. The van der Waals surface area contributed by atoms with Crippen LogP contribution in [0.3, 0.4) is 0 Å². The maximum atomic E-state index is 12.8.